The van der Waals surface area contributed by atoms with Crippen LogP contribution in [0.25, 0.3) is 5.57 Å². The van der Waals surface area contributed by atoms with E-state index in [-0.39, 0.29) is 29.4 Å². The van der Waals surface area contributed by atoms with E-state index in [9.17, 15) is 23.2 Å². The van der Waals surface area contributed by atoms with Crippen LogP contribution in [-0.2, 0) is 14.3 Å². The zero-order valence-corrected chi connectivity index (χ0v) is 22.8. The molecule has 1 aromatic heterocycles. The Labute approximate surface area is 231 Å². The molecule has 10 heteroatoms. The molecule has 0 saturated heterocycles. The summed E-state index contributed by atoms with van der Waals surface area (Å²) >= 11 is 0. The first-order valence-corrected chi connectivity index (χ1v) is 12.5. The van der Waals surface area contributed by atoms with E-state index < -0.39 is 35.0 Å². The number of allylic oxidation sites excluding steroid dienone is 1. The van der Waals surface area contributed by atoms with E-state index in [1.54, 1.807) is 6.92 Å². The highest BCUT2D eigenvalue weighted by molar-refractivity contribution is 6.00. The van der Waals surface area contributed by atoms with Crippen molar-refractivity contribution in [3.63, 3.8) is 0 Å². The van der Waals surface area contributed by atoms with Crippen LogP contribution in [0.15, 0.2) is 66.6 Å². The number of nitrogens with one attached hydrogen (secondary N) is 1. The van der Waals surface area contributed by atoms with Crippen molar-refractivity contribution in [2.45, 2.75) is 46.1 Å². The van der Waals surface area contributed by atoms with Gasteiger partial charge in [0.05, 0.1) is 7.11 Å². The summed E-state index contributed by atoms with van der Waals surface area (Å²) in [6, 6.07) is 12.5. The van der Waals surface area contributed by atoms with Crippen molar-refractivity contribution in [2.75, 3.05) is 7.11 Å². The first-order chi connectivity index (χ1) is 19.0. The number of carbonyl (C=O) groups is 3. The van der Waals surface area contributed by atoms with E-state index in [2.05, 4.69) is 10.3 Å². The maximum absolute atomic E-state index is 13.6. The standard InChI is InChI=1S/C30H30F2N2O6/c1-6-7-24(35)40-27-23(38-5)16-17-33-26(27)28(36)34-30(3,4)29(37)39-18(2)25(19-8-12-21(31)13-9-19)20-10-14-22(32)15-11-20/h8-17H,6-7H2,1-5H3,(H,34,36). The van der Waals surface area contributed by atoms with E-state index in [0.29, 0.717) is 23.1 Å². The summed E-state index contributed by atoms with van der Waals surface area (Å²) < 4.78 is 43.4. The van der Waals surface area contributed by atoms with Gasteiger partial charge in [0.25, 0.3) is 5.91 Å². The fourth-order valence-electron chi connectivity index (χ4n) is 3.74. The lowest BCUT2D eigenvalue weighted by atomic mass is 9.96. The molecule has 0 unspecified atom stereocenters. The SMILES string of the molecule is CCCC(=O)Oc1c(OC)ccnc1C(=O)NC(C)(C)C(=O)OC(C)=C(c1ccc(F)cc1)c1ccc(F)cc1. The molecular formula is C30H30F2N2O6. The van der Waals surface area contributed by atoms with Crippen molar-refractivity contribution in [3.8, 4) is 11.5 Å². The lowest BCUT2D eigenvalue weighted by molar-refractivity contribution is -0.145. The smallest absolute Gasteiger partial charge is 0.336 e. The van der Waals surface area contributed by atoms with E-state index >= 15 is 0 Å². The Bertz CT molecular complexity index is 1370. The number of hydrogen-bond donors (Lipinski definition) is 1. The highest BCUT2D eigenvalue weighted by Crippen LogP contribution is 2.31. The van der Waals surface area contributed by atoms with Crippen LogP contribution < -0.4 is 14.8 Å². The number of carbonyl (C=O) groups excluding carboxylic acids is 3. The van der Waals surface area contributed by atoms with Gasteiger partial charge in [-0.25, -0.2) is 18.6 Å². The Balaban J connectivity index is 1.91. The summed E-state index contributed by atoms with van der Waals surface area (Å²) in [6.45, 7) is 6.20. The van der Waals surface area contributed by atoms with E-state index in [0.717, 1.165) is 0 Å². The molecular weight excluding hydrogens is 522 g/mol. The van der Waals surface area contributed by atoms with Crippen LogP contribution in [-0.4, -0.2) is 35.5 Å². The molecule has 0 bridgehead atoms. The van der Waals surface area contributed by atoms with Crippen molar-refractivity contribution in [2.24, 2.45) is 0 Å². The minimum atomic E-state index is -1.58. The summed E-state index contributed by atoms with van der Waals surface area (Å²) in [6.07, 6.45) is 1.96. The van der Waals surface area contributed by atoms with Crippen LogP contribution in [0.4, 0.5) is 8.78 Å². The maximum Gasteiger partial charge on any atom is 0.336 e. The highest BCUT2D eigenvalue weighted by Gasteiger charge is 2.34. The molecule has 0 aliphatic rings. The van der Waals surface area contributed by atoms with Gasteiger partial charge in [-0.3, -0.25) is 9.59 Å². The van der Waals surface area contributed by atoms with Gasteiger partial charge in [-0.15, -0.1) is 0 Å². The fraction of sp³-hybridized carbons (Fsp3) is 0.267. The Kier molecular flexibility index (Phi) is 9.71. The van der Waals surface area contributed by atoms with Gasteiger partial charge >= 0.3 is 11.9 Å². The van der Waals surface area contributed by atoms with Gasteiger partial charge in [-0.05, 0) is 62.6 Å². The number of methoxy groups -OCH3 is 1. The van der Waals surface area contributed by atoms with Crippen LogP contribution in [0.2, 0.25) is 0 Å². The topological polar surface area (TPSA) is 104 Å². The number of esters is 2. The highest BCUT2D eigenvalue weighted by atomic mass is 19.1. The number of hydrogen-bond acceptors (Lipinski definition) is 7. The molecule has 0 saturated carbocycles. The van der Waals surface area contributed by atoms with Crippen LogP contribution in [0.5, 0.6) is 11.5 Å². The van der Waals surface area contributed by atoms with E-state index in [1.165, 1.54) is 88.7 Å². The third-order valence-corrected chi connectivity index (χ3v) is 5.77. The van der Waals surface area contributed by atoms with Crippen molar-refractivity contribution in [3.05, 3.63) is 95.0 Å². The molecule has 210 valence electrons. The zero-order chi connectivity index (χ0) is 29.4. The number of halogens is 2. The molecule has 3 aromatic rings. The molecule has 0 atom stereocenters. The molecule has 1 N–H and O–H groups in total. The van der Waals surface area contributed by atoms with Crippen molar-refractivity contribution >= 4 is 23.4 Å². The van der Waals surface area contributed by atoms with Crippen molar-refractivity contribution in [1.82, 2.24) is 10.3 Å². The second kappa shape index (κ2) is 13.0. The normalized spacial score (nSPS) is 10.9. The number of benzene rings is 2. The third kappa shape index (κ3) is 7.28. The Morgan fingerprint density at radius 2 is 1.48 bits per heavy atom. The predicted octanol–water partition coefficient (Wildman–Crippen LogP) is 5.61. The predicted molar refractivity (Wildman–Crippen MR) is 143 cm³/mol. The first-order valence-electron chi connectivity index (χ1n) is 12.5. The molecule has 40 heavy (non-hydrogen) atoms. The third-order valence-electron chi connectivity index (χ3n) is 5.77. The fourth-order valence-corrected chi connectivity index (χ4v) is 3.74. The van der Waals surface area contributed by atoms with Crippen LogP contribution >= 0.6 is 0 Å². The summed E-state index contributed by atoms with van der Waals surface area (Å²) in [7, 11) is 1.35. The van der Waals surface area contributed by atoms with Crippen LogP contribution in [0.1, 0.15) is 62.2 Å². The van der Waals surface area contributed by atoms with E-state index in [4.69, 9.17) is 14.2 Å². The largest absolute Gasteiger partial charge is 0.493 e. The number of rotatable bonds is 10. The number of aromatic nitrogens is 1. The number of pyridine rings is 1. The zero-order valence-electron chi connectivity index (χ0n) is 22.8. The van der Waals surface area contributed by atoms with Gasteiger partial charge in [-0.1, -0.05) is 31.2 Å². The van der Waals surface area contributed by atoms with Crippen molar-refractivity contribution in [1.29, 1.82) is 0 Å². The monoisotopic (exact) mass is 552 g/mol. The Hall–Kier alpha value is -4.60. The Morgan fingerprint density at radius 1 is 0.925 bits per heavy atom. The molecule has 0 fully saturated rings. The molecule has 1 amide bonds. The molecule has 0 radical (unpaired) electrons. The molecule has 1 heterocycles. The summed E-state index contributed by atoms with van der Waals surface area (Å²) in [5.41, 5.74) is -0.353. The summed E-state index contributed by atoms with van der Waals surface area (Å²) in [5.74, 6) is -3.02. The number of nitrogens with zero attached hydrogens (tertiary/aromatic N) is 1. The number of ether oxygens (including phenoxy) is 3. The van der Waals surface area contributed by atoms with Gasteiger partial charge in [0, 0.05) is 24.3 Å². The lowest BCUT2D eigenvalue weighted by Gasteiger charge is -2.25. The van der Waals surface area contributed by atoms with Gasteiger partial charge in [0.1, 0.15) is 22.9 Å². The lowest BCUT2D eigenvalue weighted by Crippen LogP contribution is -2.50. The minimum absolute atomic E-state index is 0.118. The van der Waals surface area contributed by atoms with E-state index in [1.807, 2.05) is 0 Å². The van der Waals surface area contributed by atoms with Crippen LogP contribution in [0.3, 0.4) is 0 Å². The second-order valence-corrected chi connectivity index (χ2v) is 9.33. The number of amides is 1. The maximum atomic E-state index is 13.6. The first kappa shape index (κ1) is 29.9. The van der Waals surface area contributed by atoms with Gasteiger partial charge in [0.2, 0.25) is 5.75 Å². The van der Waals surface area contributed by atoms with Gasteiger partial charge in [0.15, 0.2) is 11.4 Å². The van der Waals surface area contributed by atoms with Crippen LogP contribution in [0, 0.1) is 11.6 Å². The summed E-state index contributed by atoms with van der Waals surface area (Å²) in [5, 5.41) is 2.56. The molecule has 2 aromatic carbocycles. The Morgan fingerprint density at radius 3 is 1.98 bits per heavy atom. The van der Waals surface area contributed by atoms with Gasteiger partial charge < -0.3 is 19.5 Å². The summed E-state index contributed by atoms with van der Waals surface area (Å²) in [4.78, 5) is 42.7. The average molecular weight is 553 g/mol. The molecule has 3 rings (SSSR count). The molecule has 0 spiro atoms. The van der Waals surface area contributed by atoms with Crippen molar-refractivity contribution < 1.29 is 37.4 Å². The minimum Gasteiger partial charge on any atom is -0.493 e. The quantitative estimate of drug-likeness (QED) is 0.258. The second-order valence-electron chi connectivity index (χ2n) is 9.33. The average Bonchev–Trinajstić information content (AvgIpc) is 2.91. The van der Waals surface area contributed by atoms with Gasteiger partial charge in [-0.2, -0.15) is 0 Å². The molecule has 0 aliphatic carbocycles. The molecule has 8 nitrogen and oxygen atoms in total. The molecule has 0 aliphatic heterocycles.